The summed E-state index contributed by atoms with van der Waals surface area (Å²) in [4.78, 5) is 0. The Kier molecular flexibility index (Phi) is 6.02. The molecule has 0 saturated heterocycles. The van der Waals surface area contributed by atoms with E-state index in [4.69, 9.17) is 40.2 Å². The highest BCUT2D eigenvalue weighted by atomic mass is 35.9. The van der Waals surface area contributed by atoms with E-state index >= 15 is 0 Å². The quantitative estimate of drug-likeness (QED) is 0.503. The van der Waals surface area contributed by atoms with E-state index in [1.807, 2.05) is 42.0 Å². The molecule has 0 fully saturated rings. The molecule has 0 radical (unpaired) electrons. The molecule has 0 N–H and O–H groups in total. The van der Waals surface area contributed by atoms with Gasteiger partial charge in [-0.25, -0.2) is 9.13 Å². The average molecular weight is 266 g/mol. The lowest BCUT2D eigenvalue weighted by molar-refractivity contribution is -0.670. The third-order valence-electron chi connectivity index (χ3n) is 0.901. The van der Waals surface area contributed by atoms with Gasteiger partial charge in [-0.05, 0) is 0 Å². The highest BCUT2D eigenvalue weighted by Crippen LogP contribution is 2.23. The van der Waals surface area contributed by atoms with Crippen molar-refractivity contribution in [1.82, 2.24) is 4.57 Å². The normalized spacial score (nSPS) is 10.5. The molecule has 2 nitrogen and oxygen atoms in total. The third kappa shape index (κ3) is 10.9. The van der Waals surface area contributed by atoms with E-state index in [1.54, 1.807) is 0 Å². The van der Waals surface area contributed by atoms with Gasteiger partial charge in [-0.2, -0.15) is 0 Å². The SMILES string of the molecule is Cn1cc[n+](C)c1.[Cl][Al-]([Cl])([Cl])[Cl]. The maximum Gasteiger partial charge on any atom is 0.564 e. The van der Waals surface area contributed by atoms with Crippen LogP contribution in [0.5, 0.6) is 0 Å². The standard InChI is InChI=1S/C5H9N2.Al.4ClH/c1-6-3-4-7(2)5-6;;;;;/h3-5H,1-2H3;;4*1H/q+1;+3;;;;/p-4. The number of hydrogen-bond donors (Lipinski definition) is 0. The predicted molar refractivity (Wildman–Crippen MR) is 55.8 cm³/mol. The number of aromatic nitrogens is 2. The first kappa shape index (κ1) is 12.9. The number of halogens is 4. The molecule has 70 valence electrons. The number of imidazole rings is 1. The van der Waals surface area contributed by atoms with E-state index in [2.05, 4.69) is 0 Å². The van der Waals surface area contributed by atoms with E-state index < -0.39 is 9.39 Å². The van der Waals surface area contributed by atoms with E-state index in [-0.39, 0.29) is 0 Å². The molecule has 0 amide bonds. The van der Waals surface area contributed by atoms with Crippen molar-refractivity contribution < 1.29 is 4.57 Å². The van der Waals surface area contributed by atoms with Crippen molar-refractivity contribution in [2.24, 2.45) is 14.1 Å². The van der Waals surface area contributed by atoms with Gasteiger partial charge in [-0.3, -0.25) is 0 Å². The molecule has 1 aromatic heterocycles. The second-order valence-electron chi connectivity index (χ2n) is 2.24. The van der Waals surface area contributed by atoms with Crippen molar-refractivity contribution >= 4 is 49.6 Å². The molecule has 1 rings (SSSR count). The fourth-order valence-corrected chi connectivity index (χ4v) is 0.575. The molecule has 1 aromatic rings. The summed E-state index contributed by atoms with van der Waals surface area (Å²) in [6, 6.07) is 0. The molecule has 0 atom stereocenters. The number of nitrogens with zero attached hydrogens (tertiary/aromatic N) is 2. The number of rotatable bonds is 0. The summed E-state index contributed by atoms with van der Waals surface area (Å²) in [7, 11) is 21.0. The first-order chi connectivity index (χ1) is 5.29. The maximum atomic E-state index is 4.99. The molecule has 0 aliphatic carbocycles. The number of hydrogen-bond acceptors (Lipinski definition) is 0. The Morgan fingerprint density at radius 3 is 1.75 bits per heavy atom. The summed E-state index contributed by atoms with van der Waals surface area (Å²) in [5.41, 5.74) is 0. The summed E-state index contributed by atoms with van der Waals surface area (Å²) in [5, 5.41) is 0. The van der Waals surface area contributed by atoms with E-state index in [0.717, 1.165) is 0 Å². The van der Waals surface area contributed by atoms with Crippen molar-refractivity contribution in [3.63, 3.8) is 0 Å². The summed E-state index contributed by atoms with van der Waals surface area (Å²) < 4.78 is 4.00. The largest absolute Gasteiger partial charge is 0.564 e. The van der Waals surface area contributed by atoms with Crippen molar-refractivity contribution in [3.05, 3.63) is 18.7 Å². The summed E-state index contributed by atoms with van der Waals surface area (Å²) >= 11 is 0. The maximum absolute atomic E-state index is 4.99. The average Bonchev–Trinajstić information content (AvgIpc) is 2.09. The lowest BCUT2D eigenvalue weighted by Gasteiger charge is -1.97. The molecule has 1 heterocycles. The monoisotopic (exact) mass is 264 g/mol. The molecule has 0 aliphatic heterocycles. The zero-order chi connectivity index (χ0) is 9.78. The Morgan fingerprint density at radius 2 is 1.67 bits per heavy atom. The summed E-state index contributed by atoms with van der Waals surface area (Å²) in [6.07, 6.45) is 6.00. The second kappa shape index (κ2) is 5.59. The van der Waals surface area contributed by atoms with Gasteiger partial charge in [0.25, 0.3) is 0 Å². The minimum Gasteiger partial charge on any atom is -0.391 e. The van der Waals surface area contributed by atoms with E-state index in [0.29, 0.717) is 0 Å². The molecule has 7 heteroatoms. The highest BCUT2D eigenvalue weighted by molar-refractivity contribution is 7.81. The van der Waals surface area contributed by atoms with Crippen LogP contribution in [0.15, 0.2) is 18.7 Å². The minimum atomic E-state index is -2.94. The lowest BCUT2D eigenvalue weighted by Crippen LogP contribution is -2.23. The molecule has 0 unspecified atom stereocenters. The van der Waals surface area contributed by atoms with Gasteiger partial charge in [0.2, 0.25) is 6.33 Å². The first-order valence-electron chi connectivity index (χ1n) is 3.13. The van der Waals surface area contributed by atoms with Gasteiger partial charge in [0, 0.05) is 0 Å². The van der Waals surface area contributed by atoms with Crippen molar-refractivity contribution in [2.45, 2.75) is 0 Å². The Balaban J connectivity index is 0.000000217. The molecule has 0 aromatic carbocycles. The van der Waals surface area contributed by atoms with Crippen LogP contribution in [0.4, 0.5) is 0 Å². The van der Waals surface area contributed by atoms with Crippen LogP contribution in [0.25, 0.3) is 0 Å². The predicted octanol–water partition coefficient (Wildman–Crippen LogP) is 2.23. The Hall–Kier alpha value is 0.902. The van der Waals surface area contributed by atoms with Crippen molar-refractivity contribution in [1.29, 1.82) is 0 Å². The highest BCUT2D eigenvalue weighted by Gasteiger charge is 2.14. The minimum absolute atomic E-state index is 2.00. The Labute approximate surface area is 91.1 Å². The van der Waals surface area contributed by atoms with E-state index in [1.165, 1.54) is 0 Å². The van der Waals surface area contributed by atoms with Gasteiger partial charge < -0.3 is 40.2 Å². The fourth-order valence-electron chi connectivity index (χ4n) is 0.575. The summed E-state index contributed by atoms with van der Waals surface area (Å²) in [5.74, 6) is 0. The van der Waals surface area contributed by atoms with Crippen LogP contribution in [0.1, 0.15) is 0 Å². The smallest absolute Gasteiger partial charge is 0.391 e. The van der Waals surface area contributed by atoms with Gasteiger partial charge >= 0.3 is 9.39 Å². The first-order valence-corrected chi connectivity index (χ1v) is 10.1. The van der Waals surface area contributed by atoms with Crippen molar-refractivity contribution in [2.75, 3.05) is 0 Å². The zero-order valence-corrected chi connectivity index (χ0v) is 10.9. The molecule has 0 saturated carbocycles. The molecular weight excluding hydrogens is 257 g/mol. The zero-order valence-electron chi connectivity index (χ0n) is 6.72. The third-order valence-corrected chi connectivity index (χ3v) is 0.901. The number of aryl methyl sites for hydroxylation is 2. The van der Waals surface area contributed by atoms with Crippen LogP contribution in [0.2, 0.25) is 0 Å². The van der Waals surface area contributed by atoms with E-state index in [9.17, 15) is 0 Å². The van der Waals surface area contributed by atoms with Crippen LogP contribution in [0.3, 0.4) is 0 Å². The van der Waals surface area contributed by atoms with Crippen LogP contribution < -0.4 is 4.57 Å². The molecule has 0 bridgehead atoms. The Bertz CT molecular complexity index is 209. The topological polar surface area (TPSA) is 8.81 Å². The fraction of sp³-hybridized carbons (Fsp3) is 0.400. The van der Waals surface area contributed by atoms with Crippen LogP contribution in [0, 0.1) is 0 Å². The van der Waals surface area contributed by atoms with Gasteiger partial charge in [0.1, 0.15) is 12.4 Å². The molecule has 0 spiro atoms. The van der Waals surface area contributed by atoms with Crippen LogP contribution in [-0.4, -0.2) is 14.0 Å². The van der Waals surface area contributed by atoms with Gasteiger partial charge in [-0.1, -0.05) is 0 Å². The van der Waals surface area contributed by atoms with Crippen LogP contribution in [-0.2, 0) is 14.1 Å². The molecular formula is C5H9AlCl4N2. The van der Waals surface area contributed by atoms with Gasteiger partial charge in [0.05, 0.1) is 14.1 Å². The van der Waals surface area contributed by atoms with Gasteiger partial charge in [0.15, 0.2) is 0 Å². The molecule has 12 heavy (non-hydrogen) atoms. The second-order valence-corrected chi connectivity index (χ2v) is 15.1. The molecule has 0 aliphatic rings. The Morgan fingerprint density at radius 1 is 1.25 bits per heavy atom. The lowest BCUT2D eigenvalue weighted by atomic mass is 10.9. The van der Waals surface area contributed by atoms with Crippen molar-refractivity contribution in [3.8, 4) is 0 Å². The summed E-state index contributed by atoms with van der Waals surface area (Å²) in [6.45, 7) is 0. The van der Waals surface area contributed by atoms with Crippen LogP contribution >= 0.6 is 40.2 Å². The van der Waals surface area contributed by atoms with Gasteiger partial charge in [-0.15, -0.1) is 0 Å².